The largest absolute Gasteiger partial charge is 0.323 e. The van der Waals surface area contributed by atoms with Gasteiger partial charge in [-0.05, 0) is 48.4 Å². The van der Waals surface area contributed by atoms with E-state index < -0.39 is 0 Å². The Kier molecular flexibility index (Phi) is 5.39. The first kappa shape index (κ1) is 19.1. The van der Waals surface area contributed by atoms with Crippen molar-refractivity contribution < 1.29 is 4.79 Å². The van der Waals surface area contributed by atoms with E-state index in [0.717, 1.165) is 28.1 Å². The van der Waals surface area contributed by atoms with Gasteiger partial charge in [-0.1, -0.05) is 49.0 Å². The van der Waals surface area contributed by atoms with Crippen LogP contribution in [0.4, 0.5) is 17.3 Å². The lowest BCUT2D eigenvalue weighted by Crippen LogP contribution is -2.07. The lowest BCUT2D eigenvalue weighted by Gasteiger charge is -2.11. The Hall–Kier alpha value is -4.19. The number of aromatic amines is 1. The molecule has 0 aliphatic rings. The van der Waals surface area contributed by atoms with Gasteiger partial charge in [0.1, 0.15) is 5.82 Å². The quantitative estimate of drug-likeness (QED) is 0.386. The Morgan fingerprint density at radius 2 is 1.73 bits per heavy atom. The van der Waals surface area contributed by atoms with Gasteiger partial charge < -0.3 is 10.6 Å². The number of pyridine rings is 1. The van der Waals surface area contributed by atoms with Crippen LogP contribution in [0.2, 0.25) is 0 Å². The number of hydrogen-bond acceptors (Lipinski definition) is 4. The van der Waals surface area contributed by atoms with Crippen molar-refractivity contribution in [2.24, 2.45) is 0 Å². The fourth-order valence-electron chi connectivity index (χ4n) is 3.10. The number of aromatic nitrogens is 3. The Labute approximate surface area is 174 Å². The van der Waals surface area contributed by atoms with E-state index in [0.29, 0.717) is 17.3 Å². The van der Waals surface area contributed by atoms with Gasteiger partial charge in [0, 0.05) is 23.0 Å². The smallest absolute Gasteiger partial charge is 0.247 e. The van der Waals surface area contributed by atoms with E-state index in [1.54, 1.807) is 0 Å². The molecule has 1 amide bonds. The van der Waals surface area contributed by atoms with Gasteiger partial charge in [0.2, 0.25) is 5.91 Å². The zero-order chi connectivity index (χ0) is 20.9. The summed E-state index contributed by atoms with van der Waals surface area (Å²) < 4.78 is 0. The summed E-state index contributed by atoms with van der Waals surface area (Å²) in [7, 11) is 0. The summed E-state index contributed by atoms with van der Waals surface area (Å²) in [5.74, 6) is 1.12. The van der Waals surface area contributed by atoms with Gasteiger partial charge in [-0.2, -0.15) is 5.10 Å². The van der Waals surface area contributed by atoms with Gasteiger partial charge >= 0.3 is 0 Å². The molecule has 0 atom stereocenters. The predicted octanol–water partition coefficient (Wildman–Crippen LogP) is 5.32. The average molecular weight is 395 g/mol. The molecule has 0 aliphatic heterocycles. The second kappa shape index (κ2) is 8.45. The molecule has 2 aromatic heterocycles. The number of nitrogens with one attached hydrogen (secondary N) is 3. The molecule has 0 spiro atoms. The molecule has 30 heavy (non-hydrogen) atoms. The van der Waals surface area contributed by atoms with E-state index in [1.807, 2.05) is 67.6 Å². The standard InChI is InChI=1S/C24H21N5O/c1-3-24(30)25-20-11-7-10-18(13-20)21-14-19(17-8-5-4-6-9-17)15-22(26-21)27-23-12-16(2)28-29-23/h3-15H,1H2,2H3,(H,25,30)(H2,26,27,28,29). The first-order valence-corrected chi connectivity index (χ1v) is 9.51. The van der Waals surface area contributed by atoms with Crippen molar-refractivity contribution in [3.63, 3.8) is 0 Å². The van der Waals surface area contributed by atoms with Crippen molar-refractivity contribution in [1.82, 2.24) is 15.2 Å². The molecule has 148 valence electrons. The van der Waals surface area contributed by atoms with Crippen LogP contribution < -0.4 is 10.6 Å². The van der Waals surface area contributed by atoms with Crippen molar-refractivity contribution in [1.29, 1.82) is 0 Å². The molecule has 6 nitrogen and oxygen atoms in total. The Morgan fingerprint density at radius 3 is 2.47 bits per heavy atom. The number of rotatable bonds is 6. The molecular formula is C24H21N5O. The normalized spacial score (nSPS) is 10.4. The zero-order valence-electron chi connectivity index (χ0n) is 16.5. The number of carbonyl (C=O) groups excluding carboxylic acids is 1. The van der Waals surface area contributed by atoms with Crippen LogP contribution in [0.5, 0.6) is 0 Å². The lowest BCUT2D eigenvalue weighted by molar-refractivity contribution is -0.111. The lowest BCUT2D eigenvalue weighted by atomic mass is 10.0. The zero-order valence-corrected chi connectivity index (χ0v) is 16.5. The second-order valence-corrected chi connectivity index (χ2v) is 6.83. The van der Waals surface area contributed by atoms with Crippen LogP contribution in [0.3, 0.4) is 0 Å². The molecule has 2 aromatic carbocycles. The molecule has 2 heterocycles. The van der Waals surface area contributed by atoms with E-state index in [1.165, 1.54) is 6.08 Å². The van der Waals surface area contributed by atoms with Gasteiger partial charge in [-0.25, -0.2) is 4.98 Å². The number of anilines is 3. The van der Waals surface area contributed by atoms with Gasteiger partial charge in [0.15, 0.2) is 5.82 Å². The fraction of sp³-hybridized carbons (Fsp3) is 0.0417. The van der Waals surface area contributed by atoms with Gasteiger partial charge in [0.25, 0.3) is 0 Å². The number of benzene rings is 2. The third-order valence-corrected chi connectivity index (χ3v) is 4.51. The molecule has 0 aliphatic carbocycles. The highest BCUT2D eigenvalue weighted by Crippen LogP contribution is 2.30. The number of carbonyl (C=O) groups is 1. The van der Waals surface area contributed by atoms with E-state index in [2.05, 4.69) is 39.5 Å². The highest BCUT2D eigenvalue weighted by molar-refractivity contribution is 5.99. The summed E-state index contributed by atoms with van der Waals surface area (Å²) in [5.41, 5.74) is 5.41. The topological polar surface area (TPSA) is 82.7 Å². The summed E-state index contributed by atoms with van der Waals surface area (Å²) in [6, 6.07) is 23.6. The molecule has 0 radical (unpaired) electrons. The van der Waals surface area contributed by atoms with Crippen molar-refractivity contribution in [3.05, 3.63) is 91.1 Å². The summed E-state index contributed by atoms with van der Waals surface area (Å²) in [6.07, 6.45) is 1.24. The SMILES string of the molecule is C=CC(=O)Nc1cccc(-c2cc(-c3ccccc3)cc(Nc3cc(C)[nH]n3)n2)c1. The molecule has 0 saturated carbocycles. The Balaban J connectivity index is 1.76. The third-order valence-electron chi connectivity index (χ3n) is 4.51. The molecular weight excluding hydrogens is 374 g/mol. The number of hydrogen-bond donors (Lipinski definition) is 3. The maximum absolute atomic E-state index is 11.7. The first-order chi connectivity index (χ1) is 14.6. The number of amides is 1. The summed E-state index contributed by atoms with van der Waals surface area (Å²) in [4.78, 5) is 16.4. The van der Waals surface area contributed by atoms with Crippen LogP contribution in [0.25, 0.3) is 22.4 Å². The molecule has 0 unspecified atom stereocenters. The van der Waals surface area contributed by atoms with Crippen molar-refractivity contribution >= 4 is 23.2 Å². The predicted molar refractivity (Wildman–Crippen MR) is 121 cm³/mol. The van der Waals surface area contributed by atoms with E-state index in [-0.39, 0.29) is 5.91 Å². The number of aryl methyl sites for hydroxylation is 1. The molecule has 6 heteroatoms. The van der Waals surface area contributed by atoms with Gasteiger partial charge in [0.05, 0.1) is 5.69 Å². The third kappa shape index (κ3) is 4.44. The second-order valence-electron chi connectivity index (χ2n) is 6.83. The van der Waals surface area contributed by atoms with E-state index in [9.17, 15) is 4.79 Å². The van der Waals surface area contributed by atoms with Gasteiger partial charge in [-0.3, -0.25) is 9.89 Å². The molecule has 4 rings (SSSR count). The van der Waals surface area contributed by atoms with Crippen LogP contribution in [-0.2, 0) is 4.79 Å². The maximum atomic E-state index is 11.7. The highest BCUT2D eigenvalue weighted by atomic mass is 16.1. The monoisotopic (exact) mass is 395 g/mol. The summed E-state index contributed by atoms with van der Waals surface area (Å²) >= 11 is 0. The van der Waals surface area contributed by atoms with Crippen LogP contribution >= 0.6 is 0 Å². The molecule has 0 saturated heterocycles. The molecule has 0 bridgehead atoms. The summed E-state index contributed by atoms with van der Waals surface area (Å²) in [6.45, 7) is 5.44. The van der Waals surface area contributed by atoms with Crippen molar-refractivity contribution in [2.45, 2.75) is 6.92 Å². The highest BCUT2D eigenvalue weighted by Gasteiger charge is 2.09. The van der Waals surface area contributed by atoms with Crippen molar-refractivity contribution in [2.75, 3.05) is 10.6 Å². The maximum Gasteiger partial charge on any atom is 0.247 e. The first-order valence-electron chi connectivity index (χ1n) is 9.51. The minimum absolute atomic E-state index is 0.255. The van der Waals surface area contributed by atoms with E-state index in [4.69, 9.17) is 4.98 Å². The van der Waals surface area contributed by atoms with Crippen LogP contribution in [-0.4, -0.2) is 21.1 Å². The summed E-state index contributed by atoms with van der Waals surface area (Å²) in [5, 5.41) is 13.2. The molecule has 3 N–H and O–H groups in total. The minimum Gasteiger partial charge on any atom is -0.323 e. The molecule has 4 aromatic rings. The van der Waals surface area contributed by atoms with Crippen LogP contribution in [0.15, 0.2) is 85.5 Å². The van der Waals surface area contributed by atoms with Crippen LogP contribution in [0, 0.1) is 6.92 Å². The Morgan fingerprint density at radius 1 is 0.933 bits per heavy atom. The Bertz CT molecular complexity index is 1200. The molecule has 0 fully saturated rings. The van der Waals surface area contributed by atoms with E-state index >= 15 is 0 Å². The van der Waals surface area contributed by atoms with Crippen molar-refractivity contribution in [3.8, 4) is 22.4 Å². The fourth-order valence-corrected chi connectivity index (χ4v) is 3.10. The van der Waals surface area contributed by atoms with Gasteiger partial charge in [-0.15, -0.1) is 0 Å². The average Bonchev–Trinajstić information content (AvgIpc) is 3.18. The number of nitrogens with zero attached hydrogens (tertiary/aromatic N) is 2. The van der Waals surface area contributed by atoms with Crippen LogP contribution in [0.1, 0.15) is 5.69 Å². The number of H-pyrrole nitrogens is 1. The minimum atomic E-state index is -0.255.